The maximum atomic E-state index is 9.57. The molecule has 1 aromatic heterocycles. The molecule has 0 bridgehead atoms. The summed E-state index contributed by atoms with van der Waals surface area (Å²) in [5.74, 6) is 0.257. The number of hydrogen-bond acceptors (Lipinski definition) is 2. The number of aromatic nitrogens is 2. The van der Waals surface area contributed by atoms with Gasteiger partial charge in [-0.3, -0.25) is 0 Å². The molecule has 38 heavy (non-hydrogen) atoms. The fourth-order valence-corrected chi connectivity index (χ4v) is 6.09. The Labute approximate surface area is 224 Å². The van der Waals surface area contributed by atoms with E-state index in [1.54, 1.807) is 6.08 Å². The zero-order chi connectivity index (χ0) is 25.8. The number of benzene rings is 4. The van der Waals surface area contributed by atoms with Crippen molar-refractivity contribution in [2.75, 3.05) is 0 Å². The first kappa shape index (κ1) is 23.7. The number of nitrogens with zero attached hydrogens (tertiary/aromatic N) is 3. The molecule has 0 N–H and O–H groups in total. The van der Waals surface area contributed by atoms with E-state index in [0.29, 0.717) is 0 Å². The summed E-state index contributed by atoms with van der Waals surface area (Å²) in [6, 6.07) is 42.8. The molecule has 0 saturated heterocycles. The quantitative estimate of drug-likeness (QED) is 0.183. The van der Waals surface area contributed by atoms with Crippen LogP contribution >= 0.6 is 0 Å². The van der Waals surface area contributed by atoms with Crippen molar-refractivity contribution >= 4 is 5.57 Å². The molecule has 3 heteroatoms. The van der Waals surface area contributed by atoms with Crippen LogP contribution in [0.2, 0.25) is 0 Å². The van der Waals surface area contributed by atoms with Gasteiger partial charge in [0.1, 0.15) is 5.54 Å². The molecule has 4 aromatic carbocycles. The maximum absolute atomic E-state index is 9.57. The molecule has 0 radical (unpaired) electrons. The molecule has 1 aliphatic rings. The number of imidazole rings is 1. The molecule has 0 fully saturated rings. The number of fused-ring (bicyclic) bond motifs is 1. The second-order valence-electron chi connectivity index (χ2n) is 9.91. The van der Waals surface area contributed by atoms with Crippen molar-refractivity contribution < 1.29 is 0 Å². The molecule has 1 atom stereocenters. The maximum Gasteiger partial charge on any atom is 0.121 e. The summed E-state index contributed by atoms with van der Waals surface area (Å²) in [7, 11) is 0. The fourth-order valence-electron chi connectivity index (χ4n) is 6.09. The van der Waals surface area contributed by atoms with Crippen molar-refractivity contribution in [1.29, 1.82) is 5.26 Å². The van der Waals surface area contributed by atoms with Crippen LogP contribution in [0.25, 0.3) is 5.57 Å². The van der Waals surface area contributed by atoms with E-state index in [-0.39, 0.29) is 5.92 Å². The van der Waals surface area contributed by atoms with Gasteiger partial charge in [0.05, 0.1) is 18.1 Å². The largest absolute Gasteiger partial charge is 0.319 e. The predicted octanol–water partition coefficient (Wildman–Crippen LogP) is 7.44. The predicted molar refractivity (Wildman–Crippen MR) is 152 cm³/mol. The standard InChI is InChI=1S/C35H29N3/c36-23-22-34-28(21-20-27-12-10-11-19-33(27)34)24-32-25-38(26-37-32)35(29-13-4-1-5-14-29,30-15-6-2-7-16-30)31-17-8-3-9-18-31/h1-19,22,25-26,28H,20-21,24H2/b34-22-. The molecule has 1 unspecified atom stereocenters. The highest BCUT2D eigenvalue weighted by molar-refractivity contribution is 5.73. The molecule has 1 heterocycles. The lowest BCUT2D eigenvalue weighted by molar-refractivity contribution is 0.513. The third-order valence-electron chi connectivity index (χ3n) is 7.80. The number of nitriles is 1. The Morgan fingerprint density at radius 3 is 1.92 bits per heavy atom. The SMILES string of the molecule is N#C/C=C1\c2ccccc2CCC1Cc1cn(C(c2ccccc2)(c2ccccc2)c2ccccc2)cn1. The summed E-state index contributed by atoms with van der Waals surface area (Å²) in [6.45, 7) is 0. The van der Waals surface area contributed by atoms with Gasteiger partial charge in [-0.1, -0.05) is 115 Å². The van der Waals surface area contributed by atoms with Gasteiger partial charge in [0.15, 0.2) is 0 Å². The van der Waals surface area contributed by atoms with E-state index in [2.05, 4.69) is 132 Å². The Bertz CT molecular complexity index is 1490. The van der Waals surface area contributed by atoms with Crippen molar-refractivity contribution in [2.24, 2.45) is 5.92 Å². The van der Waals surface area contributed by atoms with Crippen LogP contribution < -0.4 is 0 Å². The highest BCUT2D eigenvalue weighted by Gasteiger charge is 2.38. The van der Waals surface area contributed by atoms with Crippen LogP contribution in [-0.2, 0) is 18.4 Å². The van der Waals surface area contributed by atoms with Crippen molar-refractivity contribution in [3.63, 3.8) is 0 Å². The molecule has 0 spiro atoms. The van der Waals surface area contributed by atoms with E-state index in [1.807, 2.05) is 6.33 Å². The molecule has 5 aromatic rings. The normalized spacial score (nSPS) is 16.1. The minimum Gasteiger partial charge on any atom is -0.319 e. The van der Waals surface area contributed by atoms with E-state index in [0.717, 1.165) is 30.5 Å². The number of aryl methyl sites for hydroxylation is 1. The van der Waals surface area contributed by atoms with Gasteiger partial charge in [-0.25, -0.2) is 4.98 Å². The van der Waals surface area contributed by atoms with Crippen LogP contribution in [0.3, 0.4) is 0 Å². The lowest BCUT2D eigenvalue weighted by atomic mass is 9.76. The van der Waals surface area contributed by atoms with Gasteiger partial charge in [0.2, 0.25) is 0 Å². The first-order valence-electron chi connectivity index (χ1n) is 13.2. The van der Waals surface area contributed by atoms with Gasteiger partial charge in [-0.15, -0.1) is 0 Å². The molecular weight excluding hydrogens is 462 g/mol. The van der Waals surface area contributed by atoms with Crippen molar-refractivity contribution in [1.82, 2.24) is 9.55 Å². The van der Waals surface area contributed by atoms with E-state index in [4.69, 9.17) is 4.98 Å². The van der Waals surface area contributed by atoms with Crippen LogP contribution in [0.15, 0.2) is 134 Å². The molecule has 0 aliphatic heterocycles. The lowest BCUT2D eigenvalue weighted by Crippen LogP contribution is -2.37. The van der Waals surface area contributed by atoms with Crippen LogP contribution in [0.5, 0.6) is 0 Å². The van der Waals surface area contributed by atoms with Crippen molar-refractivity contribution in [2.45, 2.75) is 24.8 Å². The highest BCUT2D eigenvalue weighted by atomic mass is 15.1. The zero-order valence-corrected chi connectivity index (χ0v) is 21.2. The van der Waals surface area contributed by atoms with Gasteiger partial charge >= 0.3 is 0 Å². The monoisotopic (exact) mass is 491 g/mol. The fraction of sp³-hybridized carbons (Fsp3) is 0.143. The van der Waals surface area contributed by atoms with E-state index in [9.17, 15) is 5.26 Å². The summed E-state index contributed by atoms with van der Waals surface area (Å²) in [5.41, 5.74) is 7.66. The van der Waals surface area contributed by atoms with E-state index in [1.165, 1.54) is 27.8 Å². The van der Waals surface area contributed by atoms with Crippen LogP contribution in [0.1, 0.15) is 39.9 Å². The highest BCUT2D eigenvalue weighted by Crippen LogP contribution is 2.42. The summed E-state index contributed by atoms with van der Waals surface area (Å²) < 4.78 is 2.27. The minimum atomic E-state index is -0.570. The number of rotatable bonds is 6. The number of allylic oxidation sites excluding steroid dienone is 2. The third kappa shape index (κ3) is 4.15. The molecule has 3 nitrogen and oxygen atoms in total. The van der Waals surface area contributed by atoms with Gasteiger partial charge < -0.3 is 4.57 Å². The molecule has 184 valence electrons. The van der Waals surface area contributed by atoms with E-state index >= 15 is 0 Å². The van der Waals surface area contributed by atoms with Gasteiger partial charge in [0, 0.05) is 12.3 Å². The Kier molecular flexibility index (Phi) is 6.46. The first-order valence-corrected chi connectivity index (χ1v) is 13.2. The molecule has 0 amide bonds. The molecular formula is C35H29N3. The summed E-state index contributed by atoms with van der Waals surface area (Å²) in [5, 5.41) is 9.57. The molecule has 1 aliphatic carbocycles. The second-order valence-corrected chi connectivity index (χ2v) is 9.91. The average Bonchev–Trinajstić information content (AvgIpc) is 3.45. The van der Waals surface area contributed by atoms with Crippen LogP contribution in [-0.4, -0.2) is 9.55 Å². The summed E-state index contributed by atoms with van der Waals surface area (Å²) >= 11 is 0. The molecule has 6 rings (SSSR count). The topological polar surface area (TPSA) is 41.6 Å². The van der Waals surface area contributed by atoms with Crippen molar-refractivity contribution in [3.05, 3.63) is 167 Å². The van der Waals surface area contributed by atoms with Crippen molar-refractivity contribution in [3.8, 4) is 6.07 Å². The average molecular weight is 492 g/mol. The summed E-state index contributed by atoms with van der Waals surface area (Å²) in [6.07, 6.45) is 8.75. The van der Waals surface area contributed by atoms with Gasteiger partial charge in [-0.05, 0) is 58.6 Å². The Balaban J connectivity index is 1.46. The Morgan fingerprint density at radius 1 is 0.789 bits per heavy atom. The van der Waals surface area contributed by atoms with Gasteiger partial charge in [-0.2, -0.15) is 5.26 Å². The van der Waals surface area contributed by atoms with E-state index < -0.39 is 5.54 Å². The summed E-state index contributed by atoms with van der Waals surface area (Å²) in [4.78, 5) is 4.96. The molecule has 0 saturated carbocycles. The van der Waals surface area contributed by atoms with Gasteiger partial charge in [0.25, 0.3) is 0 Å². The smallest absolute Gasteiger partial charge is 0.121 e. The first-order chi connectivity index (χ1) is 18.8. The third-order valence-corrected chi connectivity index (χ3v) is 7.80. The Morgan fingerprint density at radius 2 is 1.34 bits per heavy atom. The Hall–Kier alpha value is -4.68. The zero-order valence-electron chi connectivity index (χ0n) is 21.2. The minimum absolute atomic E-state index is 0.257. The van der Waals surface area contributed by atoms with Crippen LogP contribution in [0, 0.1) is 17.2 Å². The second kappa shape index (κ2) is 10.4. The van der Waals surface area contributed by atoms with Crippen LogP contribution in [0.4, 0.5) is 0 Å². The number of hydrogen-bond donors (Lipinski definition) is 0. The lowest BCUT2D eigenvalue weighted by Gasteiger charge is -2.37.